The van der Waals surface area contributed by atoms with Crippen LogP contribution in [-0.4, -0.2) is 5.11 Å². The molecule has 0 atom stereocenters. The molecule has 0 aromatic heterocycles. The summed E-state index contributed by atoms with van der Waals surface area (Å²) in [5, 5.41) is 11.1. The fraction of sp³-hybridized carbons (Fsp3) is 0.0370. The van der Waals surface area contributed by atoms with E-state index in [-0.39, 0.29) is 5.75 Å². The van der Waals surface area contributed by atoms with E-state index < -0.39 is 5.41 Å². The van der Waals surface area contributed by atoms with E-state index >= 15 is 0 Å². The second-order valence-electron chi connectivity index (χ2n) is 7.01. The lowest BCUT2D eigenvalue weighted by Crippen LogP contribution is -2.33. The lowest BCUT2D eigenvalue weighted by molar-refractivity contribution is 0.461. The summed E-state index contributed by atoms with van der Waals surface area (Å²) in [5.74, 6) is 0.163. The molecule has 0 heterocycles. The van der Waals surface area contributed by atoms with Crippen LogP contribution in [-0.2, 0) is 5.41 Å². The van der Waals surface area contributed by atoms with Gasteiger partial charge in [-0.15, -0.1) is 0 Å². The van der Waals surface area contributed by atoms with Crippen LogP contribution in [0, 0.1) is 0 Å². The minimum Gasteiger partial charge on any atom is -0.508 e. The van der Waals surface area contributed by atoms with Crippen molar-refractivity contribution < 1.29 is 5.11 Å². The van der Waals surface area contributed by atoms with Crippen LogP contribution in [0.1, 0.15) is 27.8 Å². The highest BCUT2D eigenvalue weighted by atomic mass is 16.3. The van der Waals surface area contributed by atoms with Gasteiger partial charge >= 0.3 is 0 Å². The van der Waals surface area contributed by atoms with E-state index in [2.05, 4.69) is 36.9 Å². The molecule has 0 amide bonds. The van der Waals surface area contributed by atoms with E-state index in [9.17, 15) is 5.11 Å². The summed E-state index contributed by atoms with van der Waals surface area (Å²) in [4.78, 5) is 0. The van der Waals surface area contributed by atoms with E-state index in [4.69, 9.17) is 5.73 Å². The standard InChI is InChI=1S/C27H23NO/c1-2-20-12-9-10-17-23(20)27(21-13-5-3-6-14-21,22-15-7-4-8-16-22)26-24(28)18-11-19-25(26)29/h2-19,29H,1,28H2. The molecule has 0 aliphatic carbocycles. The van der Waals surface area contributed by atoms with Crippen LogP contribution in [0.15, 0.2) is 110 Å². The fourth-order valence-electron chi connectivity index (χ4n) is 4.26. The summed E-state index contributed by atoms with van der Waals surface area (Å²) in [5.41, 5.74) is 11.0. The highest BCUT2D eigenvalue weighted by molar-refractivity contribution is 5.73. The first-order valence-corrected chi connectivity index (χ1v) is 9.60. The molecular formula is C27H23NO. The summed E-state index contributed by atoms with van der Waals surface area (Å²) < 4.78 is 0. The first-order valence-electron chi connectivity index (χ1n) is 9.60. The number of nitrogens with two attached hydrogens (primary N) is 1. The van der Waals surface area contributed by atoms with Crippen molar-refractivity contribution in [3.63, 3.8) is 0 Å². The van der Waals surface area contributed by atoms with Gasteiger partial charge in [-0.3, -0.25) is 0 Å². The number of aromatic hydroxyl groups is 1. The lowest BCUT2D eigenvalue weighted by Gasteiger charge is -2.38. The summed E-state index contributed by atoms with van der Waals surface area (Å²) in [6.45, 7) is 4.04. The van der Waals surface area contributed by atoms with Gasteiger partial charge in [0.1, 0.15) is 5.75 Å². The lowest BCUT2D eigenvalue weighted by atomic mass is 9.63. The molecule has 29 heavy (non-hydrogen) atoms. The summed E-state index contributed by atoms with van der Waals surface area (Å²) in [6, 6.07) is 33.8. The van der Waals surface area contributed by atoms with Crippen LogP contribution < -0.4 is 5.73 Å². The number of rotatable bonds is 5. The molecule has 2 nitrogen and oxygen atoms in total. The SMILES string of the molecule is C=Cc1ccccc1C(c1ccccc1)(c1ccccc1)c1c(N)cccc1O. The van der Waals surface area contributed by atoms with Gasteiger partial charge in [0.15, 0.2) is 0 Å². The number of anilines is 1. The number of nitrogen functional groups attached to an aromatic ring is 1. The average molecular weight is 377 g/mol. The Morgan fingerprint density at radius 3 is 1.79 bits per heavy atom. The Bertz CT molecular complexity index is 1070. The minimum absolute atomic E-state index is 0.163. The maximum Gasteiger partial charge on any atom is 0.122 e. The Labute approximate surface area is 171 Å². The van der Waals surface area contributed by atoms with Gasteiger partial charge in [-0.2, -0.15) is 0 Å². The zero-order valence-corrected chi connectivity index (χ0v) is 16.1. The van der Waals surface area contributed by atoms with Crippen LogP contribution in [0.4, 0.5) is 5.69 Å². The first-order chi connectivity index (χ1) is 14.2. The Morgan fingerprint density at radius 1 is 0.690 bits per heavy atom. The molecule has 3 N–H and O–H groups in total. The average Bonchev–Trinajstić information content (AvgIpc) is 2.78. The third-order valence-electron chi connectivity index (χ3n) is 5.45. The highest BCUT2D eigenvalue weighted by Crippen LogP contribution is 2.51. The third-order valence-corrected chi connectivity index (χ3v) is 5.45. The number of hydrogen-bond donors (Lipinski definition) is 2. The van der Waals surface area contributed by atoms with Gasteiger partial charge in [-0.05, 0) is 34.4 Å². The van der Waals surface area contributed by atoms with Crippen molar-refractivity contribution in [2.45, 2.75) is 5.41 Å². The van der Waals surface area contributed by atoms with Crippen molar-refractivity contribution in [2.75, 3.05) is 5.73 Å². The number of benzene rings is 4. The van der Waals surface area contributed by atoms with Gasteiger partial charge in [0, 0.05) is 11.3 Å². The molecule has 0 fully saturated rings. The molecule has 0 aliphatic heterocycles. The molecule has 0 radical (unpaired) electrons. The Balaban J connectivity index is 2.26. The molecule has 0 saturated heterocycles. The molecule has 0 unspecified atom stereocenters. The van der Waals surface area contributed by atoms with E-state index in [0.717, 1.165) is 22.3 Å². The van der Waals surface area contributed by atoms with Gasteiger partial charge in [0.05, 0.1) is 5.41 Å². The molecular weight excluding hydrogens is 354 g/mol. The highest BCUT2D eigenvalue weighted by Gasteiger charge is 2.42. The van der Waals surface area contributed by atoms with Crippen molar-refractivity contribution in [3.05, 3.63) is 138 Å². The Morgan fingerprint density at radius 2 is 1.24 bits per heavy atom. The minimum atomic E-state index is -0.803. The van der Waals surface area contributed by atoms with Crippen molar-refractivity contribution in [3.8, 4) is 5.75 Å². The van der Waals surface area contributed by atoms with Crippen molar-refractivity contribution in [1.82, 2.24) is 0 Å². The second-order valence-corrected chi connectivity index (χ2v) is 7.01. The van der Waals surface area contributed by atoms with Crippen LogP contribution in [0.3, 0.4) is 0 Å². The fourth-order valence-corrected chi connectivity index (χ4v) is 4.26. The van der Waals surface area contributed by atoms with Crippen molar-refractivity contribution in [2.24, 2.45) is 0 Å². The maximum absolute atomic E-state index is 11.1. The van der Waals surface area contributed by atoms with E-state index in [1.54, 1.807) is 12.1 Å². The smallest absolute Gasteiger partial charge is 0.122 e. The first kappa shape index (κ1) is 18.6. The zero-order valence-electron chi connectivity index (χ0n) is 16.1. The molecule has 4 aromatic carbocycles. The van der Waals surface area contributed by atoms with Gasteiger partial charge in [0.2, 0.25) is 0 Å². The Kier molecular flexibility index (Phi) is 4.92. The van der Waals surface area contributed by atoms with Gasteiger partial charge in [-0.25, -0.2) is 0 Å². The monoisotopic (exact) mass is 377 g/mol. The molecule has 142 valence electrons. The van der Waals surface area contributed by atoms with Crippen LogP contribution >= 0.6 is 0 Å². The normalized spacial score (nSPS) is 11.2. The van der Waals surface area contributed by atoms with Crippen LogP contribution in [0.2, 0.25) is 0 Å². The molecule has 2 heteroatoms. The largest absolute Gasteiger partial charge is 0.508 e. The molecule has 0 aliphatic rings. The van der Waals surface area contributed by atoms with Gasteiger partial charge < -0.3 is 10.8 Å². The van der Waals surface area contributed by atoms with Gasteiger partial charge in [-0.1, -0.05) is 104 Å². The van der Waals surface area contributed by atoms with E-state index in [1.165, 1.54) is 0 Å². The number of phenolic OH excluding ortho intramolecular Hbond substituents is 1. The quantitative estimate of drug-likeness (QED) is 0.331. The summed E-state index contributed by atoms with van der Waals surface area (Å²) in [6.07, 6.45) is 1.85. The Hall–Kier alpha value is -3.78. The maximum atomic E-state index is 11.1. The van der Waals surface area contributed by atoms with Crippen molar-refractivity contribution >= 4 is 11.8 Å². The molecule has 0 bridgehead atoms. The molecule has 0 spiro atoms. The molecule has 4 rings (SSSR count). The molecule has 0 saturated carbocycles. The summed E-state index contributed by atoms with van der Waals surface area (Å²) in [7, 11) is 0. The predicted octanol–water partition coefficient (Wildman–Crippen LogP) is 6.00. The molecule has 4 aromatic rings. The number of phenols is 1. The predicted molar refractivity (Wildman–Crippen MR) is 121 cm³/mol. The van der Waals surface area contributed by atoms with E-state index in [0.29, 0.717) is 11.3 Å². The number of hydrogen-bond acceptors (Lipinski definition) is 2. The summed E-state index contributed by atoms with van der Waals surface area (Å²) >= 11 is 0. The van der Waals surface area contributed by atoms with Crippen LogP contribution in [0.25, 0.3) is 6.08 Å². The van der Waals surface area contributed by atoms with Crippen molar-refractivity contribution in [1.29, 1.82) is 0 Å². The van der Waals surface area contributed by atoms with Gasteiger partial charge in [0.25, 0.3) is 0 Å². The third kappa shape index (κ3) is 2.99. The topological polar surface area (TPSA) is 46.2 Å². The zero-order chi connectivity index (χ0) is 20.3. The second kappa shape index (κ2) is 7.69. The van der Waals surface area contributed by atoms with Crippen LogP contribution in [0.5, 0.6) is 5.75 Å². The van der Waals surface area contributed by atoms with E-state index in [1.807, 2.05) is 66.7 Å².